The largest absolute Gasteiger partial charge is 0.330 e. The van der Waals surface area contributed by atoms with E-state index in [4.69, 9.17) is 5.73 Å². The number of sulfonamides is 1. The Morgan fingerprint density at radius 3 is 2.52 bits per heavy atom. The number of aryl methyl sites for hydroxylation is 1. The maximum atomic E-state index is 12.2. The fourth-order valence-corrected chi connectivity index (χ4v) is 2.95. The highest BCUT2D eigenvalue weighted by Gasteiger charge is 2.13. The molecule has 6 heteroatoms. The van der Waals surface area contributed by atoms with E-state index in [1.165, 1.54) is 0 Å². The molecule has 1 heterocycles. The molecule has 3 N–H and O–H groups in total. The predicted octanol–water partition coefficient (Wildman–Crippen LogP) is 1.37. The Morgan fingerprint density at radius 2 is 1.90 bits per heavy atom. The van der Waals surface area contributed by atoms with E-state index in [0.717, 1.165) is 23.1 Å². The van der Waals surface area contributed by atoms with Crippen LogP contribution in [0.4, 0.5) is 0 Å². The van der Waals surface area contributed by atoms with E-state index in [0.29, 0.717) is 6.54 Å². The van der Waals surface area contributed by atoms with Crippen LogP contribution in [0.25, 0.3) is 0 Å². The van der Waals surface area contributed by atoms with Gasteiger partial charge in [0, 0.05) is 18.9 Å². The first kappa shape index (κ1) is 15.6. The zero-order valence-corrected chi connectivity index (χ0v) is 12.7. The van der Waals surface area contributed by atoms with Crippen molar-refractivity contribution in [1.29, 1.82) is 0 Å². The third-order valence-corrected chi connectivity index (χ3v) is 4.68. The van der Waals surface area contributed by atoms with Crippen LogP contribution >= 0.6 is 0 Å². The van der Waals surface area contributed by atoms with E-state index in [1.807, 2.05) is 13.0 Å². The SMILES string of the molecule is Cc1ccncc1CNS(=O)(=O)c1ccc(CCN)cc1. The van der Waals surface area contributed by atoms with Gasteiger partial charge in [-0.2, -0.15) is 0 Å². The van der Waals surface area contributed by atoms with E-state index < -0.39 is 10.0 Å². The molecule has 0 atom stereocenters. The Balaban J connectivity index is 2.09. The lowest BCUT2D eigenvalue weighted by atomic mass is 10.2. The lowest BCUT2D eigenvalue weighted by molar-refractivity contribution is 0.581. The summed E-state index contributed by atoms with van der Waals surface area (Å²) in [5, 5.41) is 0. The molecule has 0 aliphatic rings. The maximum Gasteiger partial charge on any atom is 0.240 e. The van der Waals surface area contributed by atoms with Crippen LogP contribution in [-0.4, -0.2) is 19.9 Å². The average molecular weight is 305 g/mol. The first-order valence-corrected chi connectivity index (χ1v) is 8.19. The van der Waals surface area contributed by atoms with Gasteiger partial charge in [-0.3, -0.25) is 4.98 Å². The smallest absolute Gasteiger partial charge is 0.240 e. The van der Waals surface area contributed by atoms with Crippen LogP contribution in [0.2, 0.25) is 0 Å². The summed E-state index contributed by atoms with van der Waals surface area (Å²) < 4.78 is 27.1. The number of pyridine rings is 1. The first-order valence-electron chi connectivity index (χ1n) is 6.71. The molecule has 0 spiro atoms. The van der Waals surface area contributed by atoms with E-state index in [1.54, 1.807) is 36.7 Å². The van der Waals surface area contributed by atoms with Gasteiger partial charge in [-0.1, -0.05) is 12.1 Å². The van der Waals surface area contributed by atoms with Gasteiger partial charge in [0.25, 0.3) is 0 Å². The van der Waals surface area contributed by atoms with E-state index in [2.05, 4.69) is 9.71 Å². The van der Waals surface area contributed by atoms with E-state index in [-0.39, 0.29) is 11.4 Å². The second-order valence-electron chi connectivity index (χ2n) is 4.81. The quantitative estimate of drug-likeness (QED) is 0.844. The monoisotopic (exact) mass is 305 g/mol. The fourth-order valence-electron chi connectivity index (χ4n) is 1.94. The van der Waals surface area contributed by atoms with Gasteiger partial charge < -0.3 is 5.73 Å². The zero-order valence-electron chi connectivity index (χ0n) is 11.9. The minimum absolute atomic E-state index is 0.229. The van der Waals surface area contributed by atoms with Gasteiger partial charge in [0.15, 0.2) is 0 Å². The van der Waals surface area contributed by atoms with Crippen LogP contribution < -0.4 is 10.5 Å². The van der Waals surface area contributed by atoms with Crippen molar-refractivity contribution in [3.8, 4) is 0 Å². The molecule has 0 bridgehead atoms. The number of benzene rings is 1. The Labute approximate surface area is 125 Å². The molecule has 0 aliphatic heterocycles. The fraction of sp³-hybridized carbons (Fsp3) is 0.267. The minimum atomic E-state index is -3.52. The van der Waals surface area contributed by atoms with Crippen molar-refractivity contribution in [1.82, 2.24) is 9.71 Å². The highest BCUT2D eigenvalue weighted by Crippen LogP contribution is 2.12. The maximum absolute atomic E-state index is 12.2. The van der Waals surface area contributed by atoms with Crippen molar-refractivity contribution in [2.75, 3.05) is 6.54 Å². The predicted molar refractivity (Wildman–Crippen MR) is 82.2 cm³/mol. The summed E-state index contributed by atoms with van der Waals surface area (Å²) >= 11 is 0. The number of nitrogens with two attached hydrogens (primary N) is 1. The number of nitrogens with zero attached hydrogens (tertiary/aromatic N) is 1. The topological polar surface area (TPSA) is 85.1 Å². The number of aromatic nitrogens is 1. The molecule has 0 saturated heterocycles. The number of hydrogen-bond acceptors (Lipinski definition) is 4. The zero-order chi connectivity index (χ0) is 15.3. The van der Waals surface area contributed by atoms with Crippen molar-refractivity contribution in [2.45, 2.75) is 24.8 Å². The van der Waals surface area contributed by atoms with Crippen molar-refractivity contribution in [2.24, 2.45) is 5.73 Å². The normalized spacial score (nSPS) is 11.5. The molecule has 0 fully saturated rings. The van der Waals surface area contributed by atoms with Gasteiger partial charge in [-0.05, 0) is 54.8 Å². The van der Waals surface area contributed by atoms with Gasteiger partial charge in [-0.25, -0.2) is 13.1 Å². The summed E-state index contributed by atoms with van der Waals surface area (Å²) in [5.74, 6) is 0. The van der Waals surface area contributed by atoms with Crippen molar-refractivity contribution in [3.63, 3.8) is 0 Å². The van der Waals surface area contributed by atoms with Gasteiger partial charge in [0.1, 0.15) is 0 Å². The number of rotatable bonds is 6. The van der Waals surface area contributed by atoms with Crippen LogP contribution in [0.5, 0.6) is 0 Å². The lowest BCUT2D eigenvalue weighted by Crippen LogP contribution is -2.23. The van der Waals surface area contributed by atoms with Crippen molar-refractivity contribution >= 4 is 10.0 Å². The number of hydrogen-bond donors (Lipinski definition) is 2. The third-order valence-electron chi connectivity index (χ3n) is 3.27. The average Bonchev–Trinajstić information content (AvgIpc) is 2.47. The highest BCUT2D eigenvalue weighted by atomic mass is 32.2. The molecule has 0 saturated carbocycles. The van der Waals surface area contributed by atoms with Gasteiger partial charge in [-0.15, -0.1) is 0 Å². The summed E-state index contributed by atoms with van der Waals surface area (Å²) in [6.07, 6.45) is 4.09. The minimum Gasteiger partial charge on any atom is -0.330 e. The molecule has 2 rings (SSSR count). The van der Waals surface area contributed by atoms with Crippen LogP contribution in [0.1, 0.15) is 16.7 Å². The molecule has 5 nitrogen and oxygen atoms in total. The van der Waals surface area contributed by atoms with Crippen LogP contribution in [-0.2, 0) is 23.0 Å². The first-order chi connectivity index (χ1) is 10.0. The van der Waals surface area contributed by atoms with Crippen molar-refractivity contribution in [3.05, 3.63) is 59.4 Å². The molecule has 0 amide bonds. The van der Waals surface area contributed by atoms with Crippen LogP contribution in [0, 0.1) is 6.92 Å². The number of nitrogens with one attached hydrogen (secondary N) is 1. The molecule has 21 heavy (non-hydrogen) atoms. The molecule has 0 unspecified atom stereocenters. The van der Waals surface area contributed by atoms with Gasteiger partial charge >= 0.3 is 0 Å². The molecule has 0 radical (unpaired) electrons. The second-order valence-corrected chi connectivity index (χ2v) is 6.58. The Morgan fingerprint density at radius 1 is 1.19 bits per heavy atom. The Bertz CT molecular complexity index is 697. The van der Waals surface area contributed by atoms with Crippen LogP contribution in [0.15, 0.2) is 47.6 Å². The molecule has 112 valence electrons. The standard InChI is InChI=1S/C15H19N3O2S/c1-12-7-9-17-10-14(12)11-18-21(19,20)15-4-2-13(3-5-15)6-8-16/h2-5,7,9-10,18H,6,8,11,16H2,1H3. The second kappa shape index (κ2) is 6.80. The molecule has 2 aromatic rings. The molecule has 0 aliphatic carbocycles. The van der Waals surface area contributed by atoms with E-state index >= 15 is 0 Å². The molecule has 1 aromatic heterocycles. The van der Waals surface area contributed by atoms with Crippen molar-refractivity contribution < 1.29 is 8.42 Å². The molecular weight excluding hydrogens is 286 g/mol. The van der Waals surface area contributed by atoms with Gasteiger partial charge in [0.2, 0.25) is 10.0 Å². The summed E-state index contributed by atoms with van der Waals surface area (Å²) in [7, 11) is -3.52. The summed E-state index contributed by atoms with van der Waals surface area (Å²) in [6, 6.07) is 8.63. The summed E-state index contributed by atoms with van der Waals surface area (Å²) in [4.78, 5) is 4.26. The molecule has 1 aromatic carbocycles. The molecular formula is C15H19N3O2S. The lowest BCUT2D eigenvalue weighted by Gasteiger charge is -2.09. The van der Waals surface area contributed by atoms with Gasteiger partial charge in [0.05, 0.1) is 4.90 Å². The highest BCUT2D eigenvalue weighted by molar-refractivity contribution is 7.89. The summed E-state index contributed by atoms with van der Waals surface area (Å²) in [6.45, 7) is 2.70. The summed E-state index contributed by atoms with van der Waals surface area (Å²) in [5.41, 5.74) is 8.37. The third kappa shape index (κ3) is 4.10. The van der Waals surface area contributed by atoms with E-state index in [9.17, 15) is 8.42 Å². The Kier molecular flexibility index (Phi) is 5.06. The Hall–Kier alpha value is -1.76. The van der Waals surface area contributed by atoms with Crippen LogP contribution in [0.3, 0.4) is 0 Å².